The molecule has 1 fully saturated rings. The summed E-state index contributed by atoms with van der Waals surface area (Å²) in [6.07, 6.45) is 0.990. The predicted molar refractivity (Wildman–Crippen MR) is 195 cm³/mol. The molecule has 0 saturated heterocycles. The maximum atomic E-state index is 12.6. The Bertz CT molecular complexity index is 1960. The van der Waals surface area contributed by atoms with Crippen molar-refractivity contribution in [2.45, 2.75) is 50.9 Å². The summed E-state index contributed by atoms with van der Waals surface area (Å²) in [4.78, 5) is 37.7. The second-order valence-electron chi connectivity index (χ2n) is 13.3. The van der Waals surface area contributed by atoms with Gasteiger partial charge in [0.1, 0.15) is 0 Å². The van der Waals surface area contributed by atoms with Gasteiger partial charge in [-0.15, -0.1) is 0 Å². The standard InChI is InChI=1S/C37H39ClN6O6Se/c1-37(2,3)50-36(45)42-35-40-33(38)31-34(41-35)43(23-39-31)32-27(21-49-19-25-14-8-5-9-15-25)26(20-48-18-24-12-6-4-7-13-24)28(32)22-51-30-17-11-10-16-29(30)44(46)47/h4-17,23,26-28,32H,18-22H2,1-3H3,(H,40,41,42,45)/t26-,27-,28+,32+/m1/s1. The Morgan fingerprint density at radius 3 is 2.14 bits per heavy atom. The van der Waals surface area contributed by atoms with E-state index in [1.54, 1.807) is 39.2 Å². The normalized spacial score (nSPS) is 18.7. The number of nitro groups is 1. The maximum absolute atomic E-state index is 12.6. The second kappa shape index (κ2) is 16.3. The van der Waals surface area contributed by atoms with Gasteiger partial charge in [0.25, 0.3) is 0 Å². The van der Waals surface area contributed by atoms with E-state index in [0.717, 1.165) is 15.6 Å². The van der Waals surface area contributed by atoms with E-state index in [9.17, 15) is 14.9 Å². The van der Waals surface area contributed by atoms with Crippen molar-refractivity contribution in [1.29, 1.82) is 0 Å². The van der Waals surface area contributed by atoms with Crippen LogP contribution in [-0.2, 0) is 27.4 Å². The van der Waals surface area contributed by atoms with Gasteiger partial charge in [0, 0.05) is 0 Å². The Morgan fingerprint density at radius 2 is 1.51 bits per heavy atom. The van der Waals surface area contributed by atoms with E-state index >= 15 is 0 Å². The number of hydrogen-bond acceptors (Lipinski definition) is 9. The fraction of sp³-hybridized carbons (Fsp3) is 0.351. The molecule has 5 aromatic rings. The fourth-order valence-corrected chi connectivity index (χ4v) is 9.24. The Balaban J connectivity index is 1.33. The number of fused-ring (bicyclic) bond motifs is 1. The van der Waals surface area contributed by atoms with E-state index in [-0.39, 0.29) is 60.5 Å². The van der Waals surface area contributed by atoms with Crippen LogP contribution in [0.4, 0.5) is 16.4 Å². The van der Waals surface area contributed by atoms with Gasteiger partial charge < -0.3 is 0 Å². The molecule has 266 valence electrons. The van der Waals surface area contributed by atoms with E-state index in [1.165, 1.54) is 0 Å². The molecule has 2 heterocycles. The number of rotatable bonds is 14. The molecule has 0 bridgehead atoms. The molecule has 1 amide bonds. The molecule has 4 atom stereocenters. The molecule has 0 radical (unpaired) electrons. The molecule has 0 unspecified atom stereocenters. The Morgan fingerprint density at radius 1 is 0.902 bits per heavy atom. The molecule has 6 rings (SSSR count). The number of aromatic nitrogens is 4. The zero-order valence-electron chi connectivity index (χ0n) is 28.5. The van der Waals surface area contributed by atoms with Crippen LogP contribution >= 0.6 is 11.6 Å². The van der Waals surface area contributed by atoms with Gasteiger partial charge in [-0.25, -0.2) is 0 Å². The number of amides is 1. The zero-order valence-corrected chi connectivity index (χ0v) is 30.9. The van der Waals surface area contributed by atoms with Crippen LogP contribution in [0.25, 0.3) is 11.2 Å². The number of nitrogens with zero attached hydrogens (tertiary/aromatic N) is 5. The minimum atomic E-state index is -0.723. The molecule has 1 saturated carbocycles. The van der Waals surface area contributed by atoms with Crippen LogP contribution < -0.4 is 9.78 Å². The predicted octanol–water partition coefficient (Wildman–Crippen LogP) is 7.02. The van der Waals surface area contributed by atoms with Gasteiger partial charge in [-0.05, 0) is 0 Å². The fourth-order valence-electron chi connectivity index (χ4n) is 6.34. The van der Waals surface area contributed by atoms with Crippen LogP contribution in [0.2, 0.25) is 10.5 Å². The number of para-hydroxylation sites is 1. The van der Waals surface area contributed by atoms with Gasteiger partial charge >= 0.3 is 308 Å². The first-order valence-corrected chi connectivity index (χ1v) is 19.0. The van der Waals surface area contributed by atoms with Crippen molar-refractivity contribution >= 4 is 59.9 Å². The summed E-state index contributed by atoms with van der Waals surface area (Å²) in [5.74, 6) is 0.0557. The van der Waals surface area contributed by atoms with E-state index in [1.807, 2.05) is 77.4 Å². The summed E-state index contributed by atoms with van der Waals surface area (Å²) in [5, 5.41) is 15.3. The zero-order chi connectivity index (χ0) is 36.0. The van der Waals surface area contributed by atoms with Gasteiger partial charge in [0.2, 0.25) is 0 Å². The van der Waals surface area contributed by atoms with Crippen molar-refractivity contribution < 1.29 is 23.9 Å². The van der Waals surface area contributed by atoms with Crippen molar-refractivity contribution in [2.24, 2.45) is 17.8 Å². The van der Waals surface area contributed by atoms with Crippen molar-refractivity contribution in [3.8, 4) is 0 Å². The first kappa shape index (κ1) is 36.4. The van der Waals surface area contributed by atoms with E-state index in [4.69, 9.17) is 25.8 Å². The SMILES string of the molecule is CC(C)(C)OC(=O)Nc1nc(Cl)c2ncn([C@H]3[C@H](COCc4ccccc4)[C@@H](COCc4ccccc4)[C@@H]3C[Se]c3ccccc3[N+](=O)[O-])c2n1. The third-order valence-corrected chi connectivity index (χ3v) is 11.4. The monoisotopic (exact) mass is 778 g/mol. The number of hydrogen-bond donors (Lipinski definition) is 1. The average Bonchev–Trinajstić information content (AvgIpc) is 3.51. The molecular weight excluding hydrogens is 739 g/mol. The third kappa shape index (κ3) is 9.10. The van der Waals surface area contributed by atoms with Gasteiger partial charge in [-0.3, -0.25) is 0 Å². The number of carbonyl (C=O) groups excluding carboxylic acids is 1. The number of nitrogens with one attached hydrogen (secondary N) is 1. The van der Waals surface area contributed by atoms with Crippen LogP contribution in [-0.4, -0.2) is 64.3 Å². The van der Waals surface area contributed by atoms with E-state index < -0.39 is 11.7 Å². The number of benzene rings is 3. The minimum absolute atomic E-state index is 0.0110. The van der Waals surface area contributed by atoms with Crippen molar-refractivity contribution in [3.63, 3.8) is 0 Å². The summed E-state index contributed by atoms with van der Waals surface area (Å²) >= 11 is 6.37. The number of carbonyl (C=O) groups is 1. The molecule has 1 aliphatic rings. The van der Waals surface area contributed by atoms with Crippen LogP contribution in [0.15, 0.2) is 91.3 Å². The van der Waals surface area contributed by atoms with Crippen molar-refractivity contribution in [1.82, 2.24) is 19.5 Å². The van der Waals surface area contributed by atoms with Crippen molar-refractivity contribution in [3.05, 3.63) is 118 Å². The topological polar surface area (TPSA) is 144 Å². The molecule has 1 aliphatic carbocycles. The van der Waals surface area contributed by atoms with Gasteiger partial charge in [-0.2, -0.15) is 0 Å². The Labute approximate surface area is 307 Å². The second-order valence-corrected chi connectivity index (χ2v) is 15.9. The number of imidazole rings is 1. The van der Waals surface area contributed by atoms with Crippen LogP contribution in [0.3, 0.4) is 0 Å². The average molecular weight is 778 g/mol. The molecule has 0 aliphatic heterocycles. The first-order valence-electron chi connectivity index (χ1n) is 16.6. The molecule has 3 aromatic carbocycles. The summed E-state index contributed by atoms with van der Waals surface area (Å²) in [6, 6.07) is 26.7. The number of ether oxygens (including phenoxy) is 3. The molecule has 1 N–H and O–H groups in total. The number of anilines is 1. The summed E-state index contributed by atoms with van der Waals surface area (Å²) in [6.45, 7) is 7.09. The molecule has 2 aromatic heterocycles. The van der Waals surface area contributed by atoms with Crippen molar-refractivity contribution in [2.75, 3.05) is 18.5 Å². The molecule has 14 heteroatoms. The molecule has 0 spiro atoms. The van der Waals surface area contributed by atoms with Gasteiger partial charge in [0.15, 0.2) is 0 Å². The molecular formula is C37H39ClN6O6Se. The van der Waals surface area contributed by atoms with Crippen LogP contribution in [0, 0.1) is 27.9 Å². The van der Waals surface area contributed by atoms with E-state index in [0.29, 0.717) is 42.9 Å². The third-order valence-electron chi connectivity index (χ3n) is 8.63. The Hall–Kier alpha value is -4.39. The van der Waals surface area contributed by atoms with Crippen LogP contribution in [0.5, 0.6) is 0 Å². The summed E-state index contributed by atoms with van der Waals surface area (Å²) < 4.78 is 20.8. The number of halogens is 1. The quantitative estimate of drug-likeness (QED) is 0.0545. The van der Waals surface area contributed by atoms with Gasteiger partial charge in [-0.1, -0.05) is 0 Å². The molecule has 51 heavy (non-hydrogen) atoms. The summed E-state index contributed by atoms with van der Waals surface area (Å²) in [5.41, 5.74) is 2.38. The Kier molecular flexibility index (Phi) is 11.6. The number of nitro benzene ring substituents is 1. The summed E-state index contributed by atoms with van der Waals surface area (Å²) in [7, 11) is 0. The van der Waals surface area contributed by atoms with Gasteiger partial charge in [0.05, 0.1) is 0 Å². The van der Waals surface area contributed by atoms with Crippen LogP contribution in [0.1, 0.15) is 37.9 Å². The molecule has 12 nitrogen and oxygen atoms in total. The first-order chi connectivity index (χ1) is 24.6. The van der Waals surface area contributed by atoms with E-state index in [2.05, 4.69) is 20.3 Å².